The topological polar surface area (TPSA) is 72.9 Å². The van der Waals surface area contributed by atoms with Crippen molar-refractivity contribution in [2.45, 2.75) is 18.9 Å². The fraction of sp³-hybridized carbons (Fsp3) is 0.800. The maximum absolute atomic E-state index is 12.1. The third-order valence-electron chi connectivity index (χ3n) is 3.21. The van der Waals surface area contributed by atoms with Gasteiger partial charge in [-0.05, 0) is 12.8 Å². The van der Waals surface area contributed by atoms with Crippen molar-refractivity contribution in [3.8, 4) is 0 Å². The Morgan fingerprint density at radius 2 is 1.88 bits per heavy atom. The number of amides is 2. The normalized spacial score (nSPS) is 25.9. The first-order chi connectivity index (χ1) is 7.70. The maximum Gasteiger partial charge on any atom is 0.407 e. The van der Waals surface area contributed by atoms with Crippen LogP contribution in [0.5, 0.6) is 0 Å². The number of carbonyl (C=O) groups excluding carboxylic acids is 1. The second-order valence-electron chi connectivity index (χ2n) is 4.21. The van der Waals surface area contributed by atoms with Gasteiger partial charge in [-0.2, -0.15) is 0 Å². The number of carboxylic acid groups (broad SMARTS) is 1. The van der Waals surface area contributed by atoms with Gasteiger partial charge in [0.05, 0.1) is 0 Å². The molecule has 6 heteroatoms. The lowest BCUT2D eigenvalue weighted by Crippen LogP contribution is -2.53. The molecule has 0 saturated carbocycles. The minimum absolute atomic E-state index is 0.0265. The minimum Gasteiger partial charge on any atom is -0.465 e. The Bertz CT molecular complexity index is 289. The van der Waals surface area contributed by atoms with E-state index in [9.17, 15) is 9.59 Å². The quantitative estimate of drug-likeness (QED) is 0.637. The lowest BCUT2D eigenvalue weighted by Gasteiger charge is -2.31. The van der Waals surface area contributed by atoms with Crippen LogP contribution < -0.4 is 5.32 Å². The highest BCUT2D eigenvalue weighted by Crippen LogP contribution is 2.19. The lowest BCUT2D eigenvalue weighted by atomic mass is 10.2. The molecule has 90 valence electrons. The van der Waals surface area contributed by atoms with Crippen molar-refractivity contribution >= 4 is 12.0 Å². The summed E-state index contributed by atoms with van der Waals surface area (Å²) < 4.78 is 0. The summed E-state index contributed by atoms with van der Waals surface area (Å²) in [6, 6.07) is -0.449. The summed E-state index contributed by atoms with van der Waals surface area (Å²) in [6.07, 6.45) is 0.468. The number of carbonyl (C=O) groups is 2. The van der Waals surface area contributed by atoms with Crippen LogP contribution >= 0.6 is 0 Å². The Kier molecular flexibility index (Phi) is 3.28. The third kappa shape index (κ3) is 2.11. The van der Waals surface area contributed by atoms with Crippen LogP contribution in [-0.4, -0.2) is 65.7 Å². The summed E-state index contributed by atoms with van der Waals surface area (Å²) >= 11 is 0. The van der Waals surface area contributed by atoms with Gasteiger partial charge < -0.3 is 15.3 Å². The molecule has 0 aromatic heterocycles. The largest absolute Gasteiger partial charge is 0.465 e. The summed E-state index contributed by atoms with van der Waals surface area (Å²) in [5.74, 6) is -0.0265. The molecule has 0 radical (unpaired) electrons. The zero-order valence-corrected chi connectivity index (χ0v) is 9.19. The number of likely N-dealkylation sites (tertiary alicyclic amines) is 1. The SMILES string of the molecule is O=C([C@H]1CCCN1C(=O)O)N1CCNCC1. The van der Waals surface area contributed by atoms with Crippen molar-refractivity contribution in [3.63, 3.8) is 0 Å². The average Bonchev–Trinajstić information content (AvgIpc) is 2.78. The van der Waals surface area contributed by atoms with Crippen LogP contribution in [0.1, 0.15) is 12.8 Å². The first-order valence-electron chi connectivity index (χ1n) is 5.69. The standard InChI is InChI=1S/C10H17N3O3/c14-9(12-6-3-11-4-7-12)8-2-1-5-13(8)10(15)16/h8,11H,1-7H2,(H,15,16)/t8-/m1/s1. The molecule has 0 unspecified atom stereocenters. The highest BCUT2D eigenvalue weighted by molar-refractivity contribution is 5.86. The summed E-state index contributed by atoms with van der Waals surface area (Å²) in [5, 5.41) is 12.1. The van der Waals surface area contributed by atoms with Crippen LogP contribution in [0, 0.1) is 0 Å². The molecule has 0 aliphatic carbocycles. The first kappa shape index (κ1) is 11.2. The van der Waals surface area contributed by atoms with Crippen molar-refractivity contribution < 1.29 is 14.7 Å². The van der Waals surface area contributed by atoms with E-state index >= 15 is 0 Å². The van der Waals surface area contributed by atoms with E-state index in [1.165, 1.54) is 4.90 Å². The van der Waals surface area contributed by atoms with Gasteiger partial charge in [0, 0.05) is 32.7 Å². The molecule has 2 N–H and O–H groups in total. The van der Waals surface area contributed by atoms with Crippen LogP contribution in [0.4, 0.5) is 4.79 Å². The predicted octanol–water partition coefficient (Wildman–Crippen LogP) is -0.439. The van der Waals surface area contributed by atoms with Gasteiger partial charge in [0.2, 0.25) is 5.91 Å². The van der Waals surface area contributed by atoms with Crippen LogP contribution in [0.15, 0.2) is 0 Å². The van der Waals surface area contributed by atoms with Gasteiger partial charge >= 0.3 is 6.09 Å². The molecule has 6 nitrogen and oxygen atoms in total. The van der Waals surface area contributed by atoms with Crippen LogP contribution in [0.3, 0.4) is 0 Å². The van der Waals surface area contributed by atoms with E-state index in [0.29, 0.717) is 26.1 Å². The van der Waals surface area contributed by atoms with Crippen molar-refractivity contribution in [2.75, 3.05) is 32.7 Å². The van der Waals surface area contributed by atoms with Crippen molar-refractivity contribution in [1.82, 2.24) is 15.1 Å². The minimum atomic E-state index is -0.981. The van der Waals surface area contributed by atoms with E-state index in [-0.39, 0.29) is 5.91 Å². The number of nitrogens with zero attached hydrogens (tertiary/aromatic N) is 2. The molecule has 2 rings (SSSR count). The Labute approximate surface area is 94.2 Å². The lowest BCUT2D eigenvalue weighted by molar-refractivity contribution is -0.136. The van der Waals surface area contributed by atoms with Crippen molar-refractivity contribution in [3.05, 3.63) is 0 Å². The first-order valence-corrected chi connectivity index (χ1v) is 5.69. The van der Waals surface area contributed by atoms with Crippen LogP contribution in [0.2, 0.25) is 0 Å². The molecule has 2 amide bonds. The number of hydrogen-bond donors (Lipinski definition) is 2. The molecule has 0 bridgehead atoms. The molecule has 0 aromatic rings. The molecule has 0 spiro atoms. The van der Waals surface area contributed by atoms with Gasteiger partial charge in [-0.1, -0.05) is 0 Å². The van der Waals surface area contributed by atoms with Crippen LogP contribution in [0.25, 0.3) is 0 Å². The van der Waals surface area contributed by atoms with E-state index in [1.807, 2.05) is 0 Å². The Balaban J connectivity index is 1.99. The molecular weight excluding hydrogens is 210 g/mol. The molecule has 2 fully saturated rings. The molecule has 2 aliphatic rings. The second kappa shape index (κ2) is 4.69. The third-order valence-corrected chi connectivity index (χ3v) is 3.21. The fourth-order valence-electron chi connectivity index (χ4n) is 2.35. The van der Waals surface area contributed by atoms with Crippen molar-refractivity contribution in [1.29, 1.82) is 0 Å². The van der Waals surface area contributed by atoms with E-state index < -0.39 is 12.1 Å². The highest BCUT2D eigenvalue weighted by atomic mass is 16.4. The Hall–Kier alpha value is -1.30. The molecule has 2 aliphatic heterocycles. The number of rotatable bonds is 1. The van der Waals surface area contributed by atoms with Crippen molar-refractivity contribution in [2.24, 2.45) is 0 Å². The van der Waals surface area contributed by atoms with E-state index in [1.54, 1.807) is 4.90 Å². The summed E-state index contributed by atoms with van der Waals surface area (Å²) in [5.41, 5.74) is 0. The second-order valence-corrected chi connectivity index (χ2v) is 4.21. The molecule has 2 saturated heterocycles. The van der Waals surface area contributed by atoms with Gasteiger partial charge in [-0.3, -0.25) is 9.69 Å². The predicted molar refractivity (Wildman–Crippen MR) is 57.2 cm³/mol. The van der Waals surface area contributed by atoms with Gasteiger partial charge in [-0.25, -0.2) is 4.79 Å². The van der Waals surface area contributed by atoms with Gasteiger partial charge in [0.1, 0.15) is 6.04 Å². The number of piperazine rings is 1. The molecular formula is C10H17N3O3. The van der Waals surface area contributed by atoms with Crippen LogP contribution in [-0.2, 0) is 4.79 Å². The number of nitrogens with one attached hydrogen (secondary N) is 1. The average molecular weight is 227 g/mol. The molecule has 1 atom stereocenters. The fourth-order valence-corrected chi connectivity index (χ4v) is 2.35. The van der Waals surface area contributed by atoms with Gasteiger partial charge in [-0.15, -0.1) is 0 Å². The summed E-state index contributed by atoms with van der Waals surface area (Å²) in [6.45, 7) is 3.44. The Morgan fingerprint density at radius 3 is 2.50 bits per heavy atom. The monoisotopic (exact) mass is 227 g/mol. The van der Waals surface area contributed by atoms with E-state index in [2.05, 4.69) is 5.32 Å². The summed E-state index contributed by atoms with van der Waals surface area (Å²) in [7, 11) is 0. The van der Waals surface area contributed by atoms with E-state index in [0.717, 1.165) is 19.5 Å². The smallest absolute Gasteiger partial charge is 0.407 e. The van der Waals surface area contributed by atoms with E-state index in [4.69, 9.17) is 5.11 Å². The zero-order chi connectivity index (χ0) is 11.5. The number of hydrogen-bond acceptors (Lipinski definition) is 3. The molecule has 0 aromatic carbocycles. The highest BCUT2D eigenvalue weighted by Gasteiger charge is 2.36. The Morgan fingerprint density at radius 1 is 1.19 bits per heavy atom. The summed E-state index contributed by atoms with van der Waals surface area (Å²) in [4.78, 5) is 26.1. The maximum atomic E-state index is 12.1. The zero-order valence-electron chi connectivity index (χ0n) is 9.19. The van der Waals surface area contributed by atoms with Gasteiger partial charge in [0.15, 0.2) is 0 Å². The van der Waals surface area contributed by atoms with Gasteiger partial charge in [0.25, 0.3) is 0 Å². The molecule has 2 heterocycles. The molecule has 16 heavy (non-hydrogen) atoms.